The average molecular weight is 565 g/mol. The molecule has 5 aromatic rings. The zero-order chi connectivity index (χ0) is 29.1. The molecule has 214 valence electrons. The first kappa shape index (κ1) is 27.5. The molecule has 1 fully saturated rings. The van der Waals surface area contributed by atoms with Crippen LogP contribution in [-0.4, -0.2) is 63.3 Å². The van der Waals surface area contributed by atoms with Gasteiger partial charge in [-0.3, -0.25) is 4.79 Å². The summed E-state index contributed by atoms with van der Waals surface area (Å²) >= 11 is 0. The van der Waals surface area contributed by atoms with Crippen LogP contribution in [-0.2, 0) is 22.6 Å². The largest absolute Gasteiger partial charge is 0.367 e. The van der Waals surface area contributed by atoms with Crippen LogP contribution in [0.5, 0.6) is 0 Å². The molecule has 1 saturated heterocycles. The van der Waals surface area contributed by atoms with Crippen molar-refractivity contribution in [2.24, 2.45) is 0 Å². The molecule has 0 N–H and O–H groups in total. The summed E-state index contributed by atoms with van der Waals surface area (Å²) < 4.78 is 21.2. The Morgan fingerprint density at radius 3 is 2.29 bits per heavy atom. The lowest BCUT2D eigenvalue weighted by molar-refractivity contribution is -0.136. The Balaban J connectivity index is 1.25. The van der Waals surface area contributed by atoms with Crippen LogP contribution in [0, 0.1) is 19.7 Å². The number of halogens is 1. The SMILES string of the molecule is Cc1ccc(Cc2nc(N3CCN(C(=O)COCc4ccccc4)CC3)c3c(C)nn(-c4ccc(F)cc4)c3n2)cc1. The number of hydrogen-bond acceptors (Lipinski definition) is 6. The quantitative estimate of drug-likeness (QED) is 0.263. The second kappa shape index (κ2) is 12.1. The van der Waals surface area contributed by atoms with Crippen LogP contribution in [0.3, 0.4) is 0 Å². The molecule has 42 heavy (non-hydrogen) atoms. The van der Waals surface area contributed by atoms with Gasteiger partial charge in [0.05, 0.1) is 23.4 Å². The molecule has 2 aromatic heterocycles. The van der Waals surface area contributed by atoms with E-state index in [1.807, 2.05) is 42.2 Å². The summed E-state index contributed by atoms with van der Waals surface area (Å²) in [5, 5.41) is 5.65. The molecule has 1 aliphatic heterocycles. The average Bonchev–Trinajstić information content (AvgIpc) is 3.35. The predicted octanol–water partition coefficient (Wildman–Crippen LogP) is 5.03. The number of aryl methyl sites for hydroxylation is 2. The minimum absolute atomic E-state index is 0.0150. The molecule has 0 aliphatic carbocycles. The zero-order valence-corrected chi connectivity index (χ0v) is 23.8. The number of aromatic nitrogens is 4. The van der Waals surface area contributed by atoms with Gasteiger partial charge in [-0.15, -0.1) is 0 Å². The van der Waals surface area contributed by atoms with E-state index >= 15 is 0 Å². The van der Waals surface area contributed by atoms with Gasteiger partial charge >= 0.3 is 0 Å². The molecule has 0 radical (unpaired) electrons. The van der Waals surface area contributed by atoms with Gasteiger partial charge in [0.2, 0.25) is 5.91 Å². The summed E-state index contributed by atoms with van der Waals surface area (Å²) in [4.78, 5) is 26.9. The van der Waals surface area contributed by atoms with Crippen molar-refractivity contribution in [1.29, 1.82) is 0 Å². The van der Waals surface area contributed by atoms with Gasteiger partial charge in [-0.1, -0.05) is 60.2 Å². The monoisotopic (exact) mass is 564 g/mol. The van der Waals surface area contributed by atoms with Crippen LogP contribution < -0.4 is 4.90 Å². The number of rotatable bonds is 8. The first-order valence-electron chi connectivity index (χ1n) is 14.2. The highest BCUT2D eigenvalue weighted by atomic mass is 19.1. The van der Waals surface area contributed by atoms with Gasteiger partial charge < -0.3 is 14.5 Å². The van der Waals surface area contributed by atoms with Crippen molar-refractivity contribution in [2.75, 3.05) is 37.7 Å². The van der Waals surface area contributed by atoms with Crippen LogP contribution in [0.15, 0.2) is 78.9 Å². The molecular weight excluding hydrogens is 531 g/mol. The van der Waals surface area contributed by atoms with Gasteiger partial charge in [0.25, 0.3) is 0 Å². The number of ether oxygens (including phenoxy) is 1. The van der Waals surface area contributed by atoms with Gasteiger partial charge in [-0.2, -0.15) is 5.10 Å². The summed E-state index contributed by atoms with van der Waals surface area (Å²) in [6, 6.07) is 24.5. The van der Waals surface area contributed by atoms with E-state index in [4.69, 9.17) is 19.8 Å². The van der Waals surface area contributed by atoms with Crippen molar-refractivity contribution < 1.29 is 13.9 Å². The Morgan fingerprint density at radius 2 is 1.57 bits per heavy atom. The summed E-state index contributed by atoms with van der Waals surface area (Å²) in [6.45, 7) is 6.86. The molecule has 8 nitrogen and oxygen atoms in total. The second-order valence-electron chi connectivity index (χ2n) is 10.6. The van der Waals surface area contributed by atoms with Crippen LogP contribution in [0.25, 0.3) is 16.7 Å². The maximum atomic E-state index is 13.7. The molecule has 9 heteroatoms. The smallest absolute Gasteiger partial charge is 0.248 e. The summed E-state index contributed by atoms with van der Waals surface area (Å²) in [6.07, 6.45) is 0.564. The Morgan fingerprint density at radius 1 is 0.857 bits per heavy atom. The first-order valence-corrected chi connectivity index (χ1v) is 14.2. The zero-order valence-electron chi connectivity index (χ0n) is 23.8. The minimum atomic E-state index is -0.305. The maximum absolute atomic E-state index is 13.7. The molecule has 0 bridgehead atoms. The molecule has 1 aliphatic rings. The van der Waals surface area contributed by atoms with Gasteiger partial charge in [-0.05, 0) is 49.2 Å². The van der Waals surface area contributed by atoms with E-state index in [2.05, 4.69) is 36.1 Å². The number of piperazine rings is 1. The summed E-state index contributed by atoms with van der Waals surface area (Å²) in [5.74, 6) is 1.16. The molecule has 6 rings (SSSR count). The van der Waals surface area contributed by atoms with E-state index in [1.165, 1.54) is 17.7 Å². The third kappa shape index (κ3) is 6.01. The number of nitrogens with zero attached hydrogens (tertiary/aromatic N) is 6. The van der Waals surface area contributed by atoms with Crippen molar-refractivity contribution in [3.63, 3.8) is 0 Å². The second-order valence-corrected chi connectivity index (χ2v) is 10.6. The van der Waals surface area contributed by atoms with Crippen molar-refractivity contribution in [3.8, 4) is 5.69 Å². The Bertz CT molecular complexity index is 1680. The fraction of sp³-hybridized carbons (Fsp3) is 0.273. The standard InChI is InChI=1S/C33H33FN6O2/c1-23-8-10-25(11-9-23)20-29-35-32(31-24(2)37-40(33(31)36-29)28-14-12-27(34)13-15-28)39-18-16-38(17-19-39)30(41)22-42-21-26-6-4-3-5-7-26/h3-15H,16-22H2,1-2H3. The van der Waals surface area contributed by atoms with Crippen molar-refractivity contribution >= 4 is 22.8 Å². The maximum Gasteiger partial charge on any atom is 0.248 e. The van der Waals surface area contributed by atoms with E-state index in [1.54, 1.807) is 16.8 Å². The lowest BCUT2D eigenvalue weighted by Gasteiger charge is -2.35. The van der Waals surface area contributed by atoms with Gasteiger partial charge in [0, 0.05) is 32.6 Å². The number of hydrogen-bond donors (Lipinski definition) is 0. The van der Waals surface area contributed by atoms with E-state index in [9.17, 15) is 9.18 Å². The van der Waals surface area contributed by atoms with Crippen LogP contribution in [0.2, 0.25) is 0 Å². The number of benzene rings is 3. The van der Waals surface area contributed by atoms with E-state index in [-0.39, 0.29) is 18.3 Å². The van der Waals surface area contributed by atoms with E-state index in [0.717, 1.165) is 33.7 Å². The van der Waals surface area contributed by atoms with Crippen molar-refractivity contribution in [3.05, 3.63) is 113 Å². The number of carbonyl (C=O) groups excluding carboxylic acids is 1. The first-order chi connectivity index (χ1) is 20.4. The Hall–Kier alpha value is -4.63. The summed E-state index contributed by atoms with van der Waals surface area (Å²) in [7, 11) is 0. The normalized spacial score (nSPS) is 13.6. The number of anilines is 1. The van der Waals surface area contributed by atoms with E-state index in [0.29, 0.717) is 50.7 Å². The molecular formula is C33H33FN6O2. The fourth-order valence-electron chi connectivity index (χ4n) is 5.25. The van der Waals surface area contributed by atoms with Crippen molar-refractivity contribution in [1.82, 2.24) is 24.6 Å². The van der Waals surface area contributed by atoms with Crippen molar-refractivity contribution in [2.45, 2.75) is 26.9 Å². The van der Waals surface area contributed by atoms with Crippen LogP contribution >= 0.6 is 0 Å². The highest BCUT2D eigenvalue weighted by molar-refractivity contribution is 5.91. The van der Waals surface area contributed by atoms with Gasteiger partial charge in [0.15, 0.2) is 5.65 Å². The number of amides is 1. The number of fused-ring (bicyclic) bond motifs is 1. The van der Waals surface area contributed by atoms with Crippen LogP contribution in [0.1, 0.15) is 28.2 Å². The molecule has 0 saturated carbocycles. The predicted molar refractivity (Wildman–Crippen MR) is 160 cm³/mol. The minimum Gasteiger partial charge on any atom is -0.367 e. The Labute approximate surface area is 244 Å². The topological polar surface area (TPSA) is 76.4 Å². The third-order valence-corrected chi connectivity index (χ3v) is 7.55. The molecule has 3 heterocycles. The van der Waals surface area contributed by atoms with E-state index < -0.39 is 0 Å². The van der Waals surface area contributed by atoms with Gasteiger partial charge in [0.1, 0.15) is 24.1 Å². The lowest BCUT2D eigenvalue weighted by Crippen LogP contribution is -2.50. The highest BCUT2D eigenvalue weighted by Crippen LogP contribution is 2.30. The lowest BCUT2D eigenvalue weighted by atomic mass is 10.1. The number of carbonyl (C=O) groups is 1. The third-order valence-electron chi connectivity index (χ3n) is 7.55. The van der Waals surface area contributed by atoms with Gasteiger partial charge in [-0.25, -0.2) is 19.0 Å². The highest BCUT2D eigenvalue weighted by Gasteiger charge is 2.26. The molecule has 1 amide bonds. The molecule has 0 spiro atoms. The molecule has 3 aromatic carbocycles. The molecule has 0 atom stereocenters. The molecule has 0 unspecified atom stereocenters. The fourth-order valence-corrected chi connectivity index (χ4v) is 5.25. The Kier molecular flexibility index (Phi) is 7.92. The summed E-state index contributed by atoms with van der Waals surface area (Å²) in [5.41, 5.74) is 5.55. The van der Waals surface area contributed by atoms with Crippen LogP contribution in [0.4, 0.5) is 10.2 Å².